The number of amides is 1. The van der Waals surface area contributed by atoms with E-state index in [1.165, 1.54) is 11.3 Å². The monoisotopic (exact) mass is 215 g/mol. The summed E-state index contributed by atoms with van der Waals surface area (Å²) in [5.41, 5.74) is -0.415. The van der Waals surface area contributed by atoms with Gasteiger partial charge in [-0.1, -0.05) is 0 Å². The van der Waals surface area contributed by atoms with Crippen LogP contribution in [-0.4, -0.2) is 34.9 Å². The van der Waals surface area contributed by atoms with E-state index in [4.69, 9.17) is 10.2 Å². The third-order valence-electron chi connectivity index (χ3n) is 1.90. The van der Waals surface area contributed by atoms with E-state index in [9.17, 15) is 4.79 Å². The van der Waals surface area contributed by atoms with Crippen LogP contribution in [0, 0.1) is 0 Å². The summed E-state index contributed by atoms with van der Waals surface area (Å²) >= 11 is 1.42. The minimum Gasteiger partial charge on any atom is -0.394 e. The molecule has 0 aliphatic carbocycles. The Bertz CT molecular complexity index is 293. The fourth-order valence-electron chi connectivity index (χ4n) is 0.869. The van der Waals surface area contributed by atoms with Crippen LogP contribution < -0.4 is 5.32 Å². The number of hydrogen-bond donors (Lipinski definition) is 3. The number of carbonyl (C=O) groups is 1. The molecule has 0 saturated carbocycles. The predicted octanol–water partition coefficient (Wildman–Crippen LogP) is 0.221. The quantitative estimate of drug-likeness (QED) is 0.673. The molecule has 0 bridgehead atoms. The summed E-state index contributed by atoms with van der Waals surface area (Å²) in [5.74, 6) is -0.281. The van der Waals surface area contributed by atoms with Crippen LogP contribution in [0.2, 0.25) is 0 Å². The van der Waals surface area contributed by atoms with E-state index in [0.29, 0.717) is 5.56 Å². The predicted molar refractivity (Wildman–Crippen MR) is 54.4 cm³/mol. The van der Waals surface area contributed by atoms with Crippen molar-refractivity contribution >= 4 is 17.2 Å². The van der Waals surface area contributed by atoms with Crippen molar-refractivity contribution in [1.82, 2.24) is 5.32 Å². The summed E-state index contributed by atoms with van der Waals surface area (Å²) < 4.78 is 0. The van der Waals surface area contributed by atoms with E-state index in [1.54, 1.807) is 23.8 Å². The number of rotatable bonds is 4. The zero-order valence-corrected chi connectivity index (χ0v) is 8.67. The van der Waals surface area contributed by atoms with Crippen LogP contribution in [-0.2, 0) is 0 Å². The summed E-state index contributed by atoms with van der Waals surface area (Å²) in [6.45, 7) is 0.996. The van der Waals surface area contributed by atoms with Crippen molar-refractivity contribution in [2.75, 3.05) is 13.2 Å². The Morgan fingerprint density at radius 3 is 2.64 bits per heavy atom. The van der Waals surface area contributed by atoms with Crippen molar-refractivity contribution < 1.29 is 15.0 Å². The van der Waals surface area contributed by atoms with Crippen LogP contribution in [0.1, 0.15) is 17.3 Å². The van der Waals surface area contributed by atoms with Gasteiger partial charge in [-0.05, 0) is 18.4 Å². The normalized spacial score (nSPS) is 11.4. The number of thiophene rings is 1. The topological polar surface area (TPSA) is 69.6 Å². The molecule has 0 atom stereocenters. The lowest BCUT2D eigenvalue weighted by Gasteiger charge is -2.25. The average Bonchev–Trinajstić information content (AvgIpc) is 2.70. The Hall–Kier alpha value is -0.910. The maximum atomic E-state index is 11.5. The molecular formula is C9H13NO3S. The smallest absolute Gasteiger partial charge is 0.252 e. The summed E-state index contributed by atoms with van der Waals surface area (Å²) in [7, 11) is 0. The summed E-state index contributed by atoms with van der Waals surface area (Å²) in [6.07, 6.45) is 0. The summed E-state index contributed by atoms with van der Waals surface area (Å²) in [5, 5.41) is 24.0. The molecule has 0 aromatic carbocycles. The van der Waals surface area contributed by atoms with Crippen molar-refractivity contribution in [1.29, 1.82) is 0 Å². The number of nitrogens with one attached hydrogen (secondary N) is 1. The highest BCUT2D eigenvalue weighted by Gasteiger charge is 2.24. The van der Waals surface area contributed by atoms with E-state index >= 15 is 0 Å². The average molecular weight is 215 g/mol. The number of hydrogen-bond acceptors (Lipinski definition) is 4. The molecule has 1 rings (SSSR count). The van der Waals surface area contributed by atoms with Crippen LogP contribution in [0.4, 0.5) is 0 Å². The highest BCUT2D eigenvalue weighted by Crippen LogP contribution is 2.08. The number of carbonyl (C=O) groups excluding carboxylic acids is 1. The number of aliphatic hydroxyl groups is 2. The van der Waals surface area contributed by atoms with E-state index in [2.05, 4.69) is 5.32 Å². The first-order chi connectivity index (χ1) is 6.61. The minimum absolute atomic E-state index is 0.281. The summed E-state index contributed by atoms with van der Waals surface area (Å²) in [4.78, 5) is 11.5. The van der Waals surface area contributed by atoms with E-state index in [0.717, 1.165) is 0 Å². The van der Waals surface area contributed by atoms with E-state index in [-0.39, 0.29) is 19.1 Å². The molecule has 3 N–H and O–H groups in total. The van der Waals surface area contributed by atoms with Crippen LogP contribution in [0.3, 0.4) is 0 Å². The van der Waals surface area contributed by atoms with Gasteiger partial charge in [0.15, 0.2) is 0 Å². The van der Waals surface area contributed by atoms with Crippen LogP contribution in [0.25, 0.3) is 0 Å². The van der Waals surface area contributed by atoms with Gasteiger partial charge in [-0.25, -0.2) is 0 Å². The second-order valence-electron chi connectivity index (χ2n) is 3.34. The van der Waals surface area contributed by atoms with Gasteiger partial charge in [0.05, 0.1) is 24.3 Å². The molecule has 0 fully saturated rings. The summed E-state index contributed by atoms with van der Waals surface area (Å²) in [6, 6.07) is 1.69. The molecule has 78 valence electrons. The van der Waals surface area contributed by atoms with E-state index < -0.39 is 5.54 Å². The van der Waals surface area contributed by atoms with Gasteiger partial charge in [-0.15, -0.1) is 0 Å². The first kappa shape index (κ1) is 11.2. The lowest BCUT2D eigenvalue weighted by molar-refractivity contribution is 0.0724. The van der Waals surface area contributed by atoms with Crippen LogP contribution in [0.5, 0.6) is 0 Å². The lowest BCUT2D eigenvalue weighted by Crippen LogP contribution is -2.51. The third kappa shape index (κ3) is 2.54. The second kappa shape index (κ2) is 4.54. The van der Waals surface area contributed by atoms with Gasteiger partial charge in [-0.3, -0.25) is 4.79 Å². The van der Waals surface area contributed by atoms with Gasteiger partial charge >= 0.3 is 0 Å². The zero-order chi connectivity index (χ0) is 10.6. The Kier molecular flexibility index (Phi) is 3.62. The molecule has 0 radical (unpaired) electrons. The molecule has 1 heterocycles. The van der Waals surface area contributed by atoms with Crippen molar-refractivity contribution in [3.8, 4) is 0 Å². The molecule has 4 nitrogen and oxygen atoms in total. The molecule has 14 heavy (non-hydrogen) atoms. The SMILES string of the molecule is CC(CO)(CO)NC(=O)c1ccsc1. The van der Waals surface area contributed by atoms with Crippen LogP contribution in [0.15, 0.2) is 16.8 Å². The highest BCUT2D eigenvalue weighted by atomic mass is 32.1. The lowest BCUT2D eigenvalue weighted by atomic mass is 10.1. The van der Waals surface area contributed by atoms with Gasteiger partial charge in [-0.2, -0.15) is 11.3 Å². The maximum Gasteiger partial charge on any atom is 0.252 e. The molecule has 1 aromatic heterocycles. The fourth-order valence-corrected chi connectivity index (χ4v) is 1.50. The Balaban J connectivity index is 2.65. The second-order valence-corrected chi connectivity index (χ2v) is 4.12. The fraction of sp³-hybridized carbons (Fsp3) is 0.444. The number of aliphatic hydroxyl groups excluding tert-OH is 2. The molecular weight excluding hydrogens is 202 g/mol. The molecule has 1 aromatic rings. The zero-order valence-electron chi connectivity index (χ0n) is 7.86. The minimum atomic E-state index is -0.959. The maximum absolute atomic E-state index is 11.5. The molecule has 0 unspecified atom stereocenters. The Morgan fingerprint density at radius 1 is 1.57 bits per heavy atom. The van der Waals surface area contributed by atoms with Crippen molar-refractivity contribution in [2.45, 2.75) is 12.5 Å². The van der Waals surface area contributed by atoms with Gasteiger partial charge in [0.2, 0.25) is 0 Å². The first-order valence-corrected chi connectivity index (χ1v) is 5.12. The molecule has 0 saturated heterocycles. The first-order valence-electron chi connectivity index (χ1n) is 4.18. The van der Waals surface area contributed by atoms with Crippen molar-refractivity contribution in [2.24, 2.45) is 0 Å². The highest BCUT2D eigenvalue weighted by molar-refractivity contribution is 7.08. The molecule has 0 spiro atoms. The van der Waals surface area contributed by atoms with Gasteiger partial charge < -0.3 is 15.5 Å². The van der Waals surface area contributed by atoms with Crippen LogP contribution >= 0.6 is 11.3 Å². The van der Waals surface area contributed by atoms with Gasteiger partial charge in [0, 0.05) is 5.38 Å². The Labute approximate surface area is 86.2 Å². The third-order valence-corrected chi connectivity index (χ3v) is 2.58. The molecule has 0 aliphatic heterocycles. The molecule has 1 amide bonds. The largest absolute Gasteiger partial charge is 0.394 e. The molecule has 0 aliphatic rings. The van der Waals surface area contributed by atoms with Crippen molar-refractivity contribution in [3.05, 3.63) is 22.4 Å². The van der Waals surface area contributed by atoms with Gasteiger partial charge in [0.25, 0.3) is 5.91 Å². The van der Waals surface area contributed by atoms with Crippen molar-refractivity contribution in [3.63, 3.8) is 0 Å². The van der Waals surface area contributed by atoms with E-state index in [1.807, 2.05) is 0 Å². The van der Waals surface area contributed by atoms with Gasteiger partial charge in [0.1, 0.15) is 0 Å². The standard InChI is InChI=1S/C9H13NO3S/c1-9(5-11,6-12)10-8(13)7-2-3-14-4-7/h2-4,11-12H,5-6H2,1H3,(H,10,13). The molecule has 5 heteroatoms. The Morgan fingerprint density at radius 2 is 2.21 bits per heavy atom.